The fourth-order valence-corrected chi connectivity index (χ4v) is 2.29. The molecule has 0 bridgehead atoms. The SMILES string of the molecule is N[C@@H]1CCc2nc(-c3cc(F)ccc3F)cn2C1. The monoisotopic (exact) mass is 249 g/mol. The molecule has 0 aliphatic carbocycles. The predicted molar refractivity (Wildman–Crippen MR) is 63.9 cm³/mol. The number of hydrogen-bond donors (Lipinski definition) is 1. The van der Waals surface area contributed by atoms with Crippen molar-refractivity contribution < 1.29 is 8.78 Å². The molecule has 2 heterocycles. The zero-order valence-electron chi connectivity index (χ0n) is 9.74. The molecule has 0 saturated carbocycles. The van der Waals surface area contributed by atoms with Crippen molar-refractivity contribution in [2.75, 3.05) is 0 Å². The Labute approximate surface area is 103 Å². The Bertz CT molecular complexity index is 592. The molecule has 0 unspecified atom stereocenters. The second-order valence-corrected chi connectivity index (χ2v) is 4.62. The molecule has 1 aliphatic rings. The van der Waals surface area contributed by atoms with Crippen LogP contribution < -0.4 is 5.73 Å². The molecule has 1 aromatic carbocycles. The van der Waals surface area contributed by atoms with Crippen LogP contribution in [0.2, 0.25) is 0 Å². The number of aryl methyl sites for hydroxylation is 1. The van der Waals surface area contributed by atoms with E-state index in [0.29, 0.717) is 12.2 Å². The largest absolute Gasteiger partial charge is 0.333 e. The first kappa shape index (κ1) is 11.3. The van der Waals surface area contributed by atoms with Gasteiger partial charge >= 0.3 is 0 Å². The lowest BCUT2D eigenvalue weighted by Crippen LogP contribution is -2.31. The van der Waals surface area contributed by atoms with Gasteiger partial charge in [0, 0.05) is 30.8 Å². The van der Waals surface area contributed by atoms with Crippen LogP contribution >= 0.6 is 0 Å². The lowest BCUT2D eigenvalue weighted by atomic mass is 10.1. The number of hydrogen-bond acceptors (Lipinski definition) is 2. The lowest BCUT2D eigenvalue weighted by molar-refractivity contribution is 0.453. The topological polar surface area (TPSA) is 43.8 Å². The number of aromatic nitrogens is 2. The van der Waals surface area contributed by atoms with Gasteiger partial charge in [0.15, 0.2) is 0 Å². The highest BCUT2D eigenvalue weighted by atomic mass is 19.1. The normalized spacial score (nSPS) is 18.7. The highest BCUT2D eigenvalue weighted by Gasteiger charge is 2.19. The van der Waals surface area contributed by atoms with E-state index in [1.165, 1.54) is 6.07 Å². The number of imidazole rings is 1. The highest BCUT2D eigenvalue weighted by molar-refractivity contribution is 5.59. The minimum Gasteiger partial charge on any atom is -0.333 e. The number of fused-ring (bicyclic) bond motifs is 1. The van der Waals surface area contributed by atoms with E-state index in [0.717, 1.165) is 30.8 Å². The van der Waals surface area contributed by atoms with Gasteiger partial charge in [0.25, 0.3) is 0 Å². The second-order valence-electron chi connectivity index (χ2n) is 4.62. The van der Waals surface area contributed by atoms with Gasteiger partial charge in [-0.3, -0.25) is 0 Å². The summed E-state index contributed by atoms with van der Waals surface area (Å²) in [5, 5.41) is 0. The minimum atomic E-state index is -0.464. The first-order valence-electron chi connectivity index (χ1n) is 5.90. The van der Waals surface area contributed by atoms with E-state index in [1.54, 1.807) is 6.20 Å². The fraction of sp³-hybridized carbons (Fsp3) is 0.308. The van der Waals surface area contributed by atoms with E-state index in [4.69, 9.17) is 5.73 Å². The van der Waals surface area contributed by atoms with Crippen LogP contribution in [-0.2, 0) is 13.0 Å². The van der Waals surface area contributed by atoms with Crippen LogP contribution in [0.4, 0.5) is 8.78 Å². The Morgan fingerprint density at radius 2 is 2.17 bits per heavy atom. The summed E-state index contributed by atoms with van der Waals surface area (Å²) >= 11 is 0. The molecule has 5 heteroatoms. The van der Waals surface area contributed by atoms with Crippen LogP contribution in [0.5, 0.6) is 0 Å². The van der Waals surface area contributed by atoms with Gasteiger partial charge in [-0.2, -0.15) is 0 Å². The molecule has 3 rings (SSSR count). The second kappa shape index (κ2) is 4.17. The maximum Gasteiger partial charge on any atom is 0.132 e. The Balaban J connectivity index is 2.05. The van der Waals surface area contributed by atoms with E-state index < -0.39 is 11.6 Å². The number of rotatable bonds is 1. The predicted octanol–water partition coefficient (Wildman–Crippen LogP) is 2.10. The van der Waals surface area contributed by atoms with Crippen molar-refractivity contribution in [2.45, 2.75) is 25.4 Å². The molecule has 0 amide bonds. The summed E-state index contributed by atoms with van der Waals surface area (Å²) in [6.45, 7) is 0.680. The van der Waals surface area contributed by atoms with Crippen molar-refractivity contribution in [3.63, 3.8) is 0 Å². The molecule has 1 aliphatic heterocycles. The molecular formula is C13H13F2N3. The Hall–Kier alpha value is -1.75. The Kier molecular flexibility index (Phi) is 2.63. The third-order valence-electron chi connectivity index (χ3n) is 3.23. The molecule has 0 radical (unpaired) electrons. The van der Waals surface area contributed by atoms with E-state index >= 15 is 0 Å². The Morgan fingerprint density at radius 3 is 3.00 bits per heavy atom. The fourth-order valence-electron chi connectivity index (χ4n) is 2.29. The van der Waals surface area contributed by atoms with Gasteiger partial charge in [0.1, 0.15) is 17.5 Å². The summed E-state index contributed by atoms with van der Waals surface area (Å²) in [5.74, 6) is -0.0411. The van der Waals surface area contributed by atoms with Gasteiger partial charge in [0.05, 0.1) is 5.69 Å². The number of nitrogens with zero attached hydrogens (tertiary/aromatic N) is 2. The molecule has 0 saturated heterocycles. The maximum atomic E-state index is 13.7. The number of nitrogens with two attached hydrogens (primary N) is 1. The summed E-state index contributed by atoms with van der Waals surface area (Å²) in [6.07, 6.45) is 3.40. The average Bonchev–Trinajstić information content (AvgIpc) is 2.74. The van der Waals surface area contributed by atoms with Crippen LogP contribution in [0.25, 0.3) is 11.3 Å². The van der Waals surface area contributed by atoms with Crippen LogP contribution in [0, 0.1) is 11.6 Å². The standard InChI is InChI=1S/C13H13F2N3/c14-8-1-3-11(15)10(5-8)12-7-18-6-9(16)2-4-13(18)17-12/h1,3,5,7,9H,2,4,6,16H2/t9-/m1/s1. The van der Waals surface area contributed by atoms with Crippen molar-refractivity contribution in [1.29, 1.82) is 0 Å². The quantitative estimate of drug-likeness (QED) is 0.841. The van der Waals surface area contributed by atoms with Crippen molar-refractivity contribution in [3.05, 3.63) is 41.9 Å². The molecule has 1 aromatic heterocycles. The van der Waals surface area contributed by atoms with Crippen LogP contribution in [0.3, 0.4) is 0 Å². The first-order chi connectivity index (χ1) is 8.63. The van der Waals surface area contributed by atoms with Gasteiger partial charge in [-0.1, -0.05) is 0 Å². The highest BCUT2D eigenvalue weighted by Crippen LogP contribution is 2.25. The molecule has 3 nitrogen and oxygen atoms in total. The van der Waals surface area contributed by atoms with E-state index in [9.17, 15) is 8.78 Å². The molecule has 0 spiro atoms. The molecule has 2 aromatic rings. The van der Waals surface area contributed by atoms with E-state index in [-0.39, 0.29) is 11.6 Å². The molecule has 1 atom stereocenters. The third kappa shape index (κ3) is 1.90. The van der Waals surface area contributed by atoms with Crippen molar-refractivity contribution in [2.24, 2.45) is 5.73 Å². The van der Waals surface area contributed by atoms with E-state index in [2.05, 4.69) is 4.98 Å². The lowest BCUT2D eigenvalue weighted by Gasteiger charge is -2.19. The van der Waals surface area contributed by atoms with Crippen LogP contribution in [-0.4, -0.2) is 15.6 Å². The molecular weight excluding hydrogens is 236 g/mol. The summed E-state index contributed by atoms with van der Waals surface area (Å²) in [4.78, 5) is 4.36. The van der Waals surface area contributed by atoms with Gasteiger partial charge in [0.2, 0.25) is 0 Å². The molecule has 0 fully saturated rings. The van der Waals surface area contributed by atoms with Gasteiger partial charge in [-0.15, -0.1) is 0 Å². The van der Waals surface area contributed by atoms with Gasteiger partial charge in [-0.25, -0.2) is 13.8 Å². The smallest absolute Gasteiger partial charge is 0.132 e. The molecule has 2 N–H and O–H groups in total. The maximum absolute atomic E-state index is 13.7. The van der Waals surface area contributed by atoms with Crippen LogP contribution in [0.1, 0.15) is 12.2 Å². The van der Waals surface area contributed by atoms with E-state index in [1.807, 2.05) is 4.57 Å². The minimum absolute atomic E-state index is 0.108. The summed E-state index contributed by atoms with van der Waals surface area (Å²) in [6, 6.07) is 3.50. The van der Waals surface area contributed by atoms with Crippen molar-refractivity contribution in [3.8, 4) is 11.3 Å². The molecule has 18 heavy (non-hydrogen) atoms. The average molecular weight is 249 g/mol. The summed E-state index contributed by atoms with van der Waals surface area (Å²) < 4.78 is 28.7. The molecule has 94 valence electrons. The first-order valence-corrected chi connectivity index (χ1v) is 5.90. The summed E-state index contributed by atoms with van der Waals surface area (Å²) in [5.41, 5.74) is 6.54. The third-order valence-corrected chi connectivity index (χ3v) is 3.23. The zero-order valence-corrected chi connectivity index (χ0v) is 9.74. The van der Waals surface area contributed by atoms with Crippen LogP contribution in [0.15, 0.2) is 24.4 Å². The Morgan fingerprint density at radius 1 is 1.33 bits per heavy atom. The number of halogens is 2. The zero-order chi connectivity index (χ0) is 12.7. The van der Waals surface area contributed by atoms with Gasteiger partial charge < -0.3 is 10.3 Å². The van der Waals surface area contributed by atoms with Crippen molar-refractivity contribution in [1.82, 2.24) is 9.55 Å². The van der Waals surface area contributed by atoms with Crippen molar-refractivity contribution >= 4 is 0 Å². The number of benzene rings is 1. The van der Waals surface area contributed by atoms with Gasteiger partial charge in [-0.05, 0) is 24.6 Å². The summed E-state index contributed by atoms with van der Waals surface area (Å²) in [7, 11) is 0.